The molecule has 0 aliphatic rings. The minimum atomic E-state index is -1.18. The maximum atomic E-state index is 13.8. The third-order valence-electron chi connectivity index (χ3n) is 3.61. The SMILES string of the molecule is Cc1c(C#N)cc(F)cc1-c1c(C(=O)O)sc2cc(F)ccc12. The maximum Gasteiger partial charge on any atom is 0.346 e. The van der Waals surface area contributed by atoms with Crippen LogP contribution in [0.3, 0.4) is 0 Å². The molecule has 0 aliphatic carbocycles. The molecule has 0 spiro atoms. The highest BCUT2D eigenvalue weighted by Gasteiger charge is 2.22. The smallest absolute Gasteiger partial charge is 0.346 e. The number of aromatic carboxylic acids is 1. The van der Waals surface area contributed by atoms with Gasteiger partial charge in [-0.2, -0.15) is 5.26 Å². The van der Waals surface area contributed by atoms with Crippen LogP contribution in [0.4, 0.5) is 8.78 Å². The number of thiophene rings is 1. The lowest BCUT2D eigenvalue weighted by atomic mass is 9.94. The van der Waals surface area contributed by atoms with Gasteiger partial charge in [-0.3, -0.25) is 0 Å². The highest BCUT2D eigenvalue weighted by Crippen LogP contribution is 2.41. The fourth-order valence-electron chi connectivity index (χ4n) is 2.54. The third kappa shape index (κ3) is 2.45. The van der Waals surface area contributed by atoms with Gasteiger partial charge in [-0.05, 0) is 48.4 Å². The molecule has 1 aromatic heterocycles. The second kappa shape index (κ2) is 5.45. The van der Waals surface area contributed by atoms with Crippen LogP contribution in [0.15, 0.2) is 30.3 Å². The monoisotopic (exact) mass is 329 g/mol. The van der Waals surface area contributed by atoms with E-state index in [-0.39, 0.29) is 10.4 Å². The molecule has 0 radical (unpaired) electrons. The molecule has 0 atom stereocenters. The minimum absolute atomic E-state index is 0.0109. The molecule has 0 amide bonds. The predicted octanol–water partition coefficient (Wildman–Crippen LogP) is 4.72. The summed E-state index contributed by atoms with van der Waals surface area (Å²) in [5.74, 6) is -2.28. The normalized spacial score (nSPS) is 10.7. The number of carboxylic acid groups (broad SMARTS) is 1. The number of nitrogens with zero attached hydrogens (tertiary/aromatic N) is 1. The van der Waals surface area contributed by atoms with Crippen molar-refractivity contribution in [3.8, 4) is 17.2 Å². The van der Waals surface area contributed by atoms with Gasteiger partial charge in [0, 0.05) is 15.6 Å². The van der Waals surface area contributed by atoms with E-state index in [4.69, 9.17) is 5.26 Å². The van der Waals surface area contributed by atoms with Gasteiger partial charge in [0.1, 0.15) is 16.5 Å². The number of hydrogen-bond donors (Lipinski definition) is 1. The highest BCUT2D eigenvalue weighted by atomic mass is 32.1. The van der Waals surface area contributed by atoms with Crippen molar-refractivity contribution in [3.05, 3.63) is 58.0 Å². The fourth-order valence-corrected chi connectivity index (χ4v) is 3.62. The van der Waals surface area contributed by atoms with E-state index in [2.05, 4.69) is 0 Å². The molecule has 0 bridgehead atoms. The Bertz CT molecular complexity index is 1000. The molecular weight excluding hydrogens is 320 g/mol. The Morgan fingerprint density at radius 3 is 2.61 bits per heavy atom. The molecule has 0 saturated carbocycles. The van der Waals surface area contributed by atoms with E-state index in [1.165, 1.54) is 24.3 Å². The van der Waals surface area contributed by atoms with Gasteiger partial charge in [0.25, 0.3) is 0 Å². The number of fused-ring (bicyclic) bond motifs is 1. The van der Waals surface area contributed by atoms with Gasteiger partial charge in [-0.25, -0.2) is 13.6 Å². The molecule has 6 heteroatoms. The fraction of sp³-hybridized carbons (Fsp3) is 0.0588. The Hall–Kier alpha value is -2.78. The summed E-state index contributed by atoms with van der Waals surface area (Å²) in [5, 5.41) is 19.1. The van der Waals surface area contributed by atoms with E-state index in [1.807, 2.05) is 6.07 Å². The Morgan fingerprint density at radius 1 is 1.22 bits per heavy atom. The average molecular weight is 329 g/mol. The molecule has 0 fully saturated rings. The van der Waals surface area contributed by atoms with Gasteiger partial charge in [0.05, 0.1) is 11.6 Å². The van der Waals surface area contributed by atoms with Gasteiger partial charge in [-0.1, -0.05) is 0 Å². The molecule has 0 unspecified atom stereocenters. The Morgan fingerprint density at radius 2 is 1.96 bits per heavy atom. The second-order valence-corrected chi connectivity index (χ2v) is 6.04. The summed E-state index contributed by atoms with van der Waals surface area (Å²) in [6.45, 7) is 1.63. The first-order valence-corrected chi connectivity index (χ1v) is 7.40. The maximum absolute atomic E-state index is 13.8. The molecule has 3 rings (SSSR count). The molecule has 23 heavy (non-hydrogen) atoms. The van der Waals surface area contributed by atoms with Crippen molar-refractivity contribution >= 4 is 27.4 Å². The largest absolute Gasteiger partial charge is 0.477 e. The van der Waals surface area contributed by atoms with Crippen LogP contribution in [0.5, 0.6) is 0 Å². The quantitative estimate of drug-likeness (QED) is 0.739. The van der Waals surface area contributed by atoms with Crippen LogP contribution in [0.2, 0.25) is 0 Å². The number of carboxylic acids is 1. The first-order chi connectivity index (χ1) is 10.9. The van der Waals surface area contributed by atoms with Crippen LogP contribution in [0, 0.1) is 29.9 Å². The minimum Gasteiger partial charge on any atom is -0.477 e. The average Bonchev–Trinajstić information content (AvgIpc) is 2.87. The standard InChI is InChI=1S/C17H9F2NO2S/c1-8-9(7-20)4-11(19)5-13(8)15-12-3-2-10(18)6-14(12)23-16(15)17(21)22/h2-6H,1H3,(H,21,22). The van der Waals surface area contributed by atoms with E-state index in [1.54, 1.807) is 6.92 Å². The van der Waals surface area contributed by atoms with Crippen LogP contribution in [-0.4, -0.2) is 11.1 Å². The molecule has 0 saturated heterocycles. The van der Waals surface area contributed by atoms with Gasteiger partial charge in [0.2, 0.25) is 0 Å². The summed E-state index contributed by atoms with van der Waals surface area (Å²) in [4.78, 5) is 11.5. The van der Waals surface area contributed by atoms with E-state index >= 15 is 0 Å². The molecule has 1 heterocycles. The van der Waals surface area contributed by atoms with Crippen LogP contribution >= 0.6 is 11.3 Å². The van der Waals surface area contributed by atoms with Gasteiger partial charge >= 0.3 is 5.97 Å². The van der Waals surface area contributed by atoms with E-state index in [9.17, 15) is 18.7 Å². The molecule has 3 nitrogen and oxygen atoms in total. The third-order valence-corrected chi connectivity index (χ3v) is 4.75. The number of halogens is 2. The summed E-state index contributed by atoms with van der Waals surface area (Å²) in [6.07, 6.45) is 0. The zero-order chi connectivity index (χ0) is 16.7. The van der Waals surface area contributed by atoms with Crippen molar-refractivity contribution in [3.63, 3.8) is 0 Å². The van der Waals surface area contributed by atoms with Crippen LogP contribution in [-0.2, 0) is 0 Å². The van der Waals surface area contributed by atoms with Crippen molar-refractivity contribution < 1.29 is 18.7 Å². The molecular formula is C17H9F2NO2S. The van der Waals surface area contributed by atoms with Crippen LogP contribution in [0.1, 0.15) is 20.8 Å². The summed E-state index contributed by atoms with van der Waals surface area (Å²) in [7, 11) is 0. The summed E-state index contributed by atoms with van der Waals surface area (Å²) < 4.78 is 27.7. The molecule has 0 aliphatic heterocycles. The zero-order valence-electron chi connectivity index (χ0n) is 11.9. The molecule has 3 aromatic rings. The van der Waals surface area contributed by atoms with Gasteiger partial charge in [0.15, 0.2) is 0 Å². The lowest BCUT2D eigenvalue weighted by Crippen LogP contribution is -1.98. The lowest BCUT2D eigenvalue weighted by molar-refractivity contribution is 0.0703. The topological polar surface area (TPSA) is 61.1 Å². The Kier molecular flexibility index (Phi) is 3.58. The van der Waals surface area contributed by atoms with Gasteiger partial charge < -0.3 is 5.11 Å². The lowest BCUT2D eigenvalue weighted by Gasteiger charge is -2.09. The Labute approximate surface area is 134 Å². The number of rotatable bonds is 2. The highest BCUT2D eigenvalue weighted by molar-refractivity contribution is 7.21. The van der Waals surface area contributed by atoms with Crippen LogP contribution < -0.4 is 0 Å². The van der Waals surface area contributed by atoms with Crippen molar-refractivity contribution in [1.82, 2.24) is 0 Å². The molecule has 2 aromatic carbocycles. The first-order valence-electron chi connectivity index (χ1n) is 6.58. The van der Waals surface area contributed by atoms with Crippen molar-refractivity contribution in [2.75, 3.05) is 0 Å². The summed E-state index contributed by atoms with van der Waals surface area (Å²) in [5.41, 5.74) is 1.26. The zero-order valence-corrected chi connectivity index (χ0v) is 12.7. The van der Waals surface area contributed by atoms with E-state index < -0.39 is 17.6 Å². The van der Waals surface area contributed by atoms with Crippen LogP contribution in [0.25, 0.3) is 21.2 Å². The van der Waals surface area contributed by atoms with E-state index in [0.29, 0.717) is 26.8 Å². The molecule has 1 N–H and O–H groups in total. The Balaban J connectivity index is 2.45. The van der Waals surface area contributed by atoms with Crippen molar-refractivity contribution in [2.45, 2.75) is 6.92 Å². The van der Waals surface area contributed by atoms with Crippen molar-refractivity contribution in [1.29, 1.82) is 5.26 Å². The molecule has 114 valence electrons. The first kappa shape index (κ1) is 15.1. The number of hydrogen-bond acceptors (Lipinski definition) is 3. The van der Waals surface area contributed by atoms with E-state index in [0.717, 1.165) is 17.4 Å². The second-order valence-electron chi connectivity index (χ2n) is 4.99. The van der Waals surface area contributed by atoms with Gasteiger partial charge in [-0.15, -0.1) is 11.3 Å². The number of nitriles is 1. The number of benzene rings is 2. The summed E-state index contributed by atoms with van der Waals surface area (Å²) >= 11 is 0.924. The summed E-state index contributed by atoms with van der Waals surface area (Å²) in [6, 6.07) is 8.15. The number of carbonyl (C=O) groups is 1. The predicted molar refractivity (Wildman–Crippen MR) is 83.6 cm³/mol. The van der Waals surface area contributed by atoms with Crippen molar-refractivity contribution in [2.24, 2.45) is 0 Å².